The summed E-state index contributed by atoms with van der Waals surface area (Å²) in [4.78, 5) is 27.8. The first-order valence-electron chi connectivity index (χ1n) is 12.6. The maximum atomic E-state index is 13.5. The molecule has 0 aliphatic rings. The largest absolute Gasteiger partial charge is 0.497 e. The molecule has 0 bridgehead atoms. The van der Waals surface area contributed by atoms with Gasteiger partial charge < -0.3 is 19.7 Å². The Balaban J connectivity index is 2.25. The van der Waals surface area contributed by atoms with Gasteiger partial charge in [-0.25, -0.2) is 8.42 Å². The van der Waals surface area contributed by atoms with Crippen LogP contribution in [-0.2, 0) is 26.2 Å². The predicted molar refractivity (Wildman–Crippen MR) is 145 cm³/mol. The van der Waals surface area contributed by atoms with Crippen LogP contribution in [0, 0.1) is 0 Å². The third-order valence-electron chi connectivity index (χ3n) is 5.81. The summed E-state index contributed by atoms with van der Waals surface area (Å²) in [7, 11) is -2.05. The average molecular weight is 534 g/mol. The Kier molecular flexibility index (Phi) is 11.7. The lowest BCUT2D eigenvalue weighted by Crippen LogP contribution is -2.49. The van der Waals surface area contributed by atoms with Crippen molar-refractivity contribution in [2.45, 2.75) is 52.6 Å². The van der Waals surface area contributed by atoms with Gasteiger partial charge in [-0.3, -0.25) is 13.9 Å². The van der Waals surface area contributed by atoms with E-state index < -0.39 is 16.1 Å². The van der Waals surface area contributed by atoms with E-state index in [1.165, 1.54) is 4.31 Å². The fourth-order valence-corrected chi connectivity index (χ4v) is 5.07. The molecule has 2 aromatic rings. The molecule has 0 aromatic heterocycles. The fraction of sp³-hybridized carbons (Fsp3) is 0.481. The predicted octanol–water partition coefficient (Wildman–Crippen LogP) is 3.58. The number of nitrogens with one attached hydrogen (secondary N) is 1. The Bertz CT molecular complexity index is 1140. The Hall–Kier alpha value is -3.27. The normalized spacial score (nSPS) is 11.9. The molecule has 2 aromatic carbocycles. The highest BCUT2D eigenvalue weighted by molar-refractivity contribution is 7.92. The van der Waals surface area contributed by atoms with Crippen LogP contribution in [-0.4, -0.2) is 64.2 Å². The summed E-state index contributed by atoms with van der Waals surface area (Å²) in [6.07, 6.45) is 1.92. The Morgan fingerprint density at radius 2 is 1.78 bits per heavy atom. The minimum atomic E-state index is -3.62. The second-order valence-electron chi connectivity index (χ2n) is 8.53. The van der Waals surface area contributed by atoms with Gasteiger partial charge in [-0.1, -0.05) is 31.2 Å². The van der Waals surface area contributed by atoms with Crippen LogP contribution in [0.1, 0.15) is 45.6 Å². The van der Waals surface area contributed by atoms with Crippen molar-refractivity contribution in [3.63, 3.8) is 0 Å². The van der Waals surface area contributed by atoms with Crippen LogP contribution in [0.3, 0.4) is 0 Å². The molecule has 1 N–H and O–H groups in total. The first-order valence-corrected chi connectivity index (χ1v) is 14.4. The lowest BCUT2D eigenvalue weighted by atomic mass is 10.1. The smallest absolute Gasteiger partial charge is 0.242 e. The molecule has 2 rings (SSSR count). The van der Waals surface area contributed by atoms with Gasteiger partial charge in [0.25, 0.3) is 0 Å². The number of ether oxygens (including phenoxy) is 2. The Labute approximate surface area is 220 Å². The van der Waals surface area contributed by atoms with Gasteiger partial charge in [-0.2, -0.15) is 0 Å². The van der Waals surface area contributed by atoms with Gasteiger partial charge in [0.1, 0.15) is 17.5 Å². The number of sulfonamides is 1. The summed E-state index contributed by atoms with van der Waals surface area (Å²) in [6.45, 7) is 6.70. The number of para-hydroxylation sites is 2. The van der Waals surface area contributed by atoms with Gasteiger partial charge in [-0.15, -0.1) is 0 Å². The lowest BCUT2D eigenvalue weighted by Gasteiger charge is -2.31. The number of rotatable bonds is 15. The number of carbonyl (C=O) groups excluding carboxylic acids is 2. The van der Waals surface area contributed by atoms with Crippen LogP contribution in [0.15, 0.2) is 48.5 Å². The molecule has 2 amide bonds. The molecule has 0 spiro atoms. The molecular weight excluding hydrogens is 494 g/mol. The van der Waals surface area contributed by atoms with E-state index in [9.17, 15) is 18.0 Å². The molecular formula is C27H39N3O6S. The second kappa shape index (κ2) is 14.5. The van der Waals surface area contributed by atoms with Gasteiger partial charge >= 0.3 is 0 Å². The molecule has 0 radical (unpaired) electrons. The first kappa shape index (κ1) is 30.0. The number of hydrogen-bond donors (Lipinski definition) is 1. The lowest BCUT2D eigenvalue weighted by molar-refractivity contribution is -0.141. The maximum Gasteiger partial charge on any atom is 0.242 e. The summed E-state index contributed by atoms with van der Waals surface area (Å²) < 4.78 is 37.4. The molecule has 1 atom stereocenters. The van der Waals surface area contributed by atoms with E-state index in [0.29, 0.717) is 36.8 Å². The third kappa shape index (κ3) is 8.66. The number of anilines is 1. The Morgan fingerprint density at radius 1 is 1.05 bits per heavy atom. The van der Waals surface area contributed by atoms with E-state index in [4.69, 9.17) is 9.47 Å². The zero-order valence-electron chi connectivity index (χ0n) is 22.4. The first-order chi connectivity index (χ1) is 17.7. The zero-order chi connectivity index (χ0) is 27.4. The van der Waals surface area contributed by atoms with Gasteiger partial charge in [0.05, 0.1) is 25.7 Å². The van der Waals surface area contributed by atoms with Crippen molar-refractivity contribution < 1.29 is 27.5 Å². The second-order valence-corrected chi connectivity index (χ2v) is 10.4. The van der Waals surface area contributed by atoms with Crippen molar-refractivity contribution in [1.29, 1.82) is 0 Å². The highest BCUT2D eigenvalue weighted by Gasteiger charge is 2.29. The molecule has 0 heterocycles. The van der Waals surface area contributed by atoms with Crippen molar-refractivity contribution >= 4 is 27.5 Å². The molecule has 0 aliphatic heterocycles. The van der Waals surface area contributed by atoms with Crippen LogP contribution >= 0.6 is 0 Å². The van der Waals surface area contributed by atoms with Crippen molar-refractivity contribution in [3.05, 3.63) is 54.1 Å². The molecule has 0 unspecified atom stereocenters. The fourth-order valence-electron chi connectivity index (χ4n) is 4.10. The summed E-state index contributed by atoms with van der Waals surface area (Å²) in [5.74, 6) is 0.675. The SMILES string of the molecule is CCNC(=O)[C@H](CC)N(Cc1cccc(OC)c1)C(=O)CCCN(c1ccccc1OCC)S(C)(=O)=O. The van der Waals surface area contributed by atoms with Crippen molar-refractivity contribution in [2.75, 3.05) is 37.4 Å². The molecule has 0 fully saturated rings. The number of benzene rings is 2. The van der Waals surface area contributed by atoms with Crippen molar-refractivity contribution in [3.8, 4) is 11.5 Å². The molecule has 9 nitrogen and oxygen atoms in total. The van der Waals surface area contributed by atoms with Crippen LogP contribution in [0.2, 0.25) is 0 Å². The average Bonchev–Trinajstić information content (AvgIpc) is 2.86. The zero-order valence-corrected chi connectivity index (χ0v) is 23.2. The standard InChI is InChI=1S/C27H39N3O6S/c1-6-23(27(32)28-7-2)29(20-21-13-11-14-22(19-21)35-4)26(31)17-12-18-30(37(5,33)34)24-15-9-10-16-25(24)36-8-3/h9-11,13-16,19,23H,6-8,12,17-18,20H2,1-5H3,(H,28,32)/t23-/m0/s1. The van der Waals surface area contributed by atoms with Gasteiger partial charge in [0.15, 0.2) is 0 Å². The number of carbonyl (C=O) groups is 2. The topological polar surface area (TPSA) is 105 Å². The molecule has 0 saturated carbocycles. The van der Waals surface area contributed by atoms with E-state index in [1.807, 2.05) is 45.0 Å². The van der Waals surface area contributed by atoms with Gasteiger partial charge in [-0.05, 0) is 56.5 Å². The highest BCUT2D eigenvalue weighted by Crippen LogP contribution is 2.30. The van der Waals surface area contributed by atoms with E-state index in [0.717, 1.165) is 11.8 Å². The highest BCUT2D eigenvalue weighted by atomic mass is 32.2. The number of nitrogens with zero attached hydrogens (tertiary/aromatic N) is 2. The monoisotopic (exact) mass is 533 g/mol. The van der Waals surface area contributed by atoms with Crippen LogP contribution in [0.4, 0.5) is 5.69 Å². The molecule has 37 heavy (non-hydrogen) atoms. The van der Waals surface area contributed by atoms with Crippen LogP contribution < -0.4 is 19.1 Å². The minimum absolute atomic E-state index is 0.0721. The summed E-state index contributed by atoms with van der Waals surface area (Å²) in [5, 5.41) is 2.82. The minimum Gasteiger partial charge on any atom is -0.497 e. The molecule has 204 valence electrons. The summed E-state index contributed by atoms with van der Waals surface area (Å²) in [5.41, 5.74) is 1.26. The molecule has 0 aliphatic carbocycles. The number of likely N-dealkylation sites (N-methyl/N-ethyl adjacent to an activating group) is 1. The maximum absolute atomic E-state index is 13.5. The molecule has 10 heteroatoms. The number of methoxy groups -OCH3 is 1. The van der Waals surface area contributed by atoms with Crippen molar-refractivity contribution in [1.82, 2.24) is 10.2 Å². The van der Waals surface area contributed by atoms with E-state index in [-0.39, 0.29) is 37.7 Å². The Morgan fingerprint density at radius 3 is 2.41 bits per heavy atom. The van der Waals surface area contributed by atoms with Crippen LogP contribution in [0.5, 0.6) is 11.5 Å². The van der Waals surface area contributed by atoms with Gasteiger partial charge in [0, 0.05) is 26.1 Å². The number of hydrogen-bond acceptors (Lipinski definition) is 6. The number of amides is 2. The van der Waals surface area contributed by atoms with Crippen molar-refractivity contribution in [2.24, 2.45) is 0 Å². The molecule has 0 saturated heterocycles. The van der Waals surface area contributed by atoms with Crippen LogP contribution in [0.25, 0.3) is 0 Å². The third-order valence-corrected chi connectivity index (χ3v) is 6.99. The van der Waals surface area contributed by atoms with E-state index >= 15 is 0 Å². The quantitative estimate of drug-likeness (QED) is 0.375. The summed E-state index contributed by atoms with van der Waals surface area (Å²) in [6, 6.07) is 13.6. The summed E-state index contributed by atoms with van der Waals surface area (Å²) >= 11 is 0. The van der Waals surface area contributed by atoms with E-state index in [1.54, 1.807) is 36.3 Å². The van der Waals surface area contributed by atoms with Gasteiger partial charge in [0.2, 0.25) is 21.8 Å². The van der Waals surface area contributed by atoms with E-state index in [2.05, 4.69) is 5.32 Å².